The maximum atomic E-state index is 13.4. The van der Waals surface area contributed by atoms with Crippen LogP contribution in [0, 0.1) is 6.92 Å². The standard InChI is InChI=1S/C23H42N2O2S/c1-10-12-14-25(15-13-11-2)28(26,27)24-21-19(22(4,5)6)16-18(3)17-20(21)23(7,8)9/h16-17,24H,10-15H2,1-9H3. The molecule has 0 fully saturated rings. The molecule has 1 N–H and O–H groups in total. The number of hydrogen-bond acceptors (Lipinski definition) is 2. The Balaban J connectivity index is 3.52. The predicted octanol–water partition coefficient (Wildman–Crippen LogP) is 6.15. The molecule has 0 saturated carbocycles. The zero-order chi connectivity index (χ0) is 21.8. The molecule has 0 saturated heterocycles. The number of unbranched alkanes of at least 4 members (excludes halogenated alkanes) is 2. The molecule has 0 amide bonds. The summed E-state index contributed by atoms with van der Waals surface area (Å²) in [6.45, 7) is 20.2. The van der Waals surface area contributed by atoms with E-state index < -0.39 is 10.2 Å². The van der Waals surface area contributed by atoms with Crippen LogP contribution in [0.5, 0.6) is 0 Å². The number of nitrogens with one attached hydrogen (secondary N) is 1. The van der Waals surface area contributed by atoms with Crippen molar-refractivity contribution in [1.82, 2.24) is 4.31 Å². The van der Waals surface area contributed by atoms with Crippen molar-refractivity contribution in [2.24, 2.45) is 0 Å². The van der Waals surface area contributed by atoms with Crippen LogP contribution in [0.25, 0.3) is 0 Å². The van der Waals surface area contributed by atoms with E-state index in [1.54, 1.807) is 4.31 Å². The van der Waals surface area contributed by atoms with Gasteiger partial charge in [-0.05, 0) is 41.7 Å². The summed E-state index contributed by atoms with van der Waals surface area (Å²) in [7, 11) is -3.61. The molecule has 4 nitrogen and oxygen atoms in total. The first-order valence-corrected chi connectivity index (χ1v) is 12.1. The van der Waals surface area contributed by atoms with E-state index in [-0.39, 0.29) is 10.8 Å². The molecule has 1 aromatic rings. The van der Waals surface area contributed by atoms with Gasteiger partial charge in [-0.15, -0.1) is 0 Å². The third kappa shape index (κ3) is 6.77. The molecule has 0 spiro atoms. The van der Waals surface area contributed by atoms with Crippen LogP contribution in [0.1, 0.15) is 97.8 Å². The third-order valence-corrected chi connectivity index (χ3v) is 6.50. The Morgan fingerprint density at radius 1 is 0.857 bits per heavy atom. The van der Waals surface area contributed by atoms with E-state index in [1.807, 2.05) is 0 Å². The van der Waals surface area contributed by atoms with Crippen LogP contribution >= 0.6 is 0 Å². The predicted molar refractivity (Wildman–Crippen MR) is 123 cm³/mol. The first-order chi connectivity index (χ1) is 12.7. The highest BCUT2D eigenvalue weighted by molar-refractivity contribution is 7.90. The van der Waals surface area contributed by atoms with Crippen LogP contribution in [-0.4, -0.2) is 25.8 Å². The number of anilines is 1. The topological polar surface area (TPSA) is 49.4 Å². The lowest BCUT2D eigenvalue weighted by atomic mass is 9.78. The Morgan fingerprint density at radius 2 is 1.25 bits per heavy atom. The normalized spacial score (nSPS) is 13.2. The highest BCUT2D eigenvalue weighted by Gasteiger charge is 2.30. The number of rotatable bonds is 9. The van der Waals surface area contributed by atoms with Gasteiger partial charge in [0, 0.05) is 13.1 Å². The van der Waals surface area contributed by atoms with Crippen molar-refractivity contribution in [3.8, 4) is 0 Å². The molecule has 0 aliphatic heterocycles. The van der Waals surface area contributed by atoms with Gasteiger partial charge in [-0.1, -0.05) is 85.9 Å². The van der Waals surface area contributed by atoms with Crippen molar-refractivity contribution in [3.05, 3.63) is 28.8 Å². The van der Waals surface area contributed by atoms with Gasteiger partial charge in [-0.2, -0.15) is 12.7 Å². The Morgan fingerprint density at radius 3 is 1.57 bits per heavy atom. The van der Waals surface area contributed by atoms with Crippen molar-refractivity contribution in [3.63, 3.8) is 0 Å². The minimum absolute atomic E-state index is 0.165. The molecule has 0 radical (unpaired) electrons. The smallest absolute Gasteiger partial charge is 0.270 e. The zero-order valence-electron chi connectivity index (χ0n) is 19.6. The van der Waals surface area contributed by atoms with Crippen LogP contribution in [0.15, 0.2) is 12.1 Å². The van der Waals surface area contributed by atoms with Gasteiger partial charge < -0.3 is 0 Å². The Bertz CT molecular complexity index is 698. The van der Waals surface area contributed by atoms with E-state index >= 15 is 0 Å². The number of hydrogen-bond donors (Lipinski definition) is 1. The van der Waals surface area contributed by atoms with Crippen molar-refractivity contribution >= 4 is 15.9 Å². The molecule has 0 aromatic heterocycles. The molecule has 0 unspecified atom stereocenters. The van der Waals surface area contributed by atoms with Gasteiger partial charge in [0.2, 0.25) is 0 Å². The molecule has 162 valence electrons. The summed E-state index contributed by atoms with van der Waals surface area (Å²) >= 11 is 0. The molecule has 1 aromatic carbocycles. The fourth-order valence-electron chi connectivity index (χ4n) is 3.29. The summed E-state index contributed by atoms with van der Waals surface area (Å²) in [5.74, 6) is 0. The second kappa shape index (κ2) is 9.62. The number of nitrogens with zero attached hydrogens (tertiary/aromatic N) is 1. The summed E-state index contributed by atoms with van der Waals surface area (Å²) in [5.41, 5.74) is 3.68. The number of benzene rings is 1. The summed E-state index contributed by atoms with van der Waals surface area (Å²) in [5, 5.41) is 0. The van der Waals surface area contributed by atoms with Gasteiger partial charge in [-0.25, -0.2) is 0 Å². The minimum Gasteiger partial charge on any atom is -0.270 e. The lowest BCUT2D eigenvalue weighted by Crippen LogP contribution is -2.38. The van der Waals surface area contributed by atoms with E-state index in [4.69, 9.17) is 0 Å². The van der Waals surface area contributed by atoms with Gasteiger partial charge in [0.05, 0.1) is 5.69 Å². The molecule has 5 heteroatoms. The molecule has 0 atom stereocenters. The van der Waals surface area contributed by atoms with Crippen molar-refractivity contribution in [2.45, 2.75) is 98.8 Å². The first-order valence-electron chi connectivity index (χ1n) is 10.7. The quantitative estimate of drug-likeness (QED) is 0.531. The summed E-state index contributed by atoms with van der Waals surface area (Å²) < 4.78 is 31.4. The SMILES string of the molecule is CCCCN(CCCC)S(=O)(=O)Nc1c(C(C)(C)C)cc(C)cc1C(C)(C)C. The van der Waals surface area contributed by atoms with E-state index in [0.29, 0.717) is 13.1 Å². The van der Waals surface area contributed by atoms with Gasteiger partial charge >= 0.3 is 10.2 Å². The highest BCUT2D eigenvalue weighted by Crippen LogP contribution is 2.39. The maximum absolute atomic E-state index is 13.4. The van der Waals surface area contributed by atoms with E-state index in [9.17, 15) is 8.42 Å². The van der Waals surface area contributed by atoms with E-state index in [0.717, 1.165) is 48.1 Å². The van der Waals surface area contributed by atoms with Crippen molar-refractivity contribution in [2.75, 3.05) is 17.8 Å². The summed E-state index contributed by atoms with van der Waals surface area (Å²) in [4.78, 5) is 0. The fourth-order valence-corrected chi connectivity index (χ4v) is 4.64. The zero-order valence-corrected chi connectivity index (χ0v) is 20.4. The first kappa shape index (κ1) is 25.0. The van der Waals surface area contributed by atoms with Crippen molar-refractivity contribution < 1.29 is 8.42 Å². The van der Waals surface area contributed by atoms with Crippen LogP contribution in [-0.2, 0) is 21.0 Å². The Kier molecular flexibility index (Phi) is 8.58. The van der Waals surface area contributed by atoms with Crippen LogP contribution < -0.4 is 4.72 Å². The van der Waals surface area contributed by atoms with E-state index in [2.05, 4.69) is 79.2 Å². The summed E-state index contributed by atoms with van der Waals surface area (Å²) in [6, 6.07) is 4.24. The number of aryl methyl sites for hydroxylation is 1. The molecular weight excluding hydrogens is 368 g/mol. The third-order valence-electron chi connectivity index (χ3n) is 4.99. The van der Waals surface area contributed by atoms with Crippen LogP contribution in [0.3, 0.4) is 0 Å². The van der Waals surface area contributed by atoms with E-state index in [1.165, 1.54) is 0 Å². The molecular formula is C23H42N2O2S. The minimum atomic E-state index is -3.61. The second-order valence-electron chi connectivity index (χ2n) is 9.95. The Hall–Kier alpha value is -1.07. The molecule has 28 heavy (non-hydrogen) atoms. The van der Waals surface area contributed by atoms with Crippen LogP contribution in [0.4, 0.5) is 5.69 Å². The fraction of sp³-hybridized carbons (Fsp3) is 0.739. The van der Waals surface area contributed by atoms with Crippen LogP contribution in [0.2, 0.25) is 0 Å². The van der Waals surface area contributed by atoms with Gasteiger partial charge in [0.25, 0.3) is 0 Å². The lowest BCUT2D eigenvalue weighted by Gasteiger charge is -2.32. The Labute approximate surface area is 174 Å². The largest absolute Gasteiger partial charge is 0.301 e. The monoisotopic (exact) mass is 410 g/mol. The van der Waals surface area contributed by atoms with Gasteiger partial charge in [0.1, 0.15) is 0 Å². The van der Waals surface area contributed by atoms with Crippen molar-refractivity contribution in [1.29, 1.82) is 0 Å². The molecule has 0 bridgehead atoms. The second-order valence-corrected chi connectivity index (χ2v) is 11.6. The highest BCUT2D eigenvalue weighted by atomic mass is 32.2. The maximum Gasteiger partial charge on any atom is 0.301 e. The molecule has 0 heterocycles. The molecule has 0 aliphatic carbocycles. The lowest BCUT2D eigenvalue weighted by molar-refractivity contribution is 0.398. The average molecular weight is 411 g/mol. The molecule has 1 rings (SSSR count). The van der Waals surface area contributed by atoms with Gasteiger partial charge in [0.15, 0.2) is 0 Å². The van der Waals surface area contributed by atoms with Gasteiger partial charge in [-0.3, -0.25) is 4.72 Å². The average Bonchev–Trinajstić information content (AvgIpc) is 2.53. The summed E-state index contributed by atoms with van der Waals surface area (Å²) in [6.07, 6.45) is 3.69. The molecule has 0 aliphatic rings.